The maximum atomic E-state index is 12.4. The number of rotatable bonds is 5. The van der Waals surface area contributed by atoms with Gasteiger partial charge in [-0.1, -0.05) is 23.9 Å². The van der Waals surface area contributed by atoms with Gasteiger partial charge < -0.3 is 5.32 Å². The van der Waals surface area contributed by atoms with E-state index >= 15 is 0 Å². The van der Waals surface area contributed by atoms with Crippen LogP contribution in [-0.2, 0) is 6.54 Å². The Hall–Kier alpha value is -1.07. The molecule has 0 amide bonds. The second-order valence-electron chi connectivity index (χ2n) is 3.74. The van der Waals surface area contributed by atoms with E-state index < -0.39 is 5.76 Å². The molecule has 0 saturated carbocycles. The molecular weight excluding hydrogens is 272 g/mol. The molecule has 0 unspecified atom stereocenters. The number of benzene rings is 1. The smallest absolute Gasteiger partial charge is 0.288 e. The van der Waals surface area contributed by atoms with Crippen LogP contribution in [-0.4, -0.2) is 5.76 Å². The molecule has 0 aliphatic carbocycles. The van der Waals surface area contributed by atoms with Gasteiger partial charge in [0.15, 0.2) is 0 Å². The van der Waals surface area contributed by atoms with Crippen LogP contribution in [0, 0.1) is 6.92 Å². The highest BCUT2D eigenvalue weighted by Crippen LogP contribution is 2.32. The third kappa shape index (κ3) is 3.71. The number of alkyl halides is 2. The molecule has 0 radical (unpaired) electrons. The first kappa shape index (κ1) is 13.4. The number of anilines is 1. The Morgan fingerprint density at radius 3 is 2.67 bits per heavy atom. The van der Waals surface area contributed by atoms with Gasteiger partial charge in [0.2, 0.25) is 0 Å². The second kappa shape index (κ2) is 6.20. The Labute approximate surface area is 113 Å². The minimum atomic E-state index is -2.39. The number of hydrogen-bond donors (Lipinski definition) is 1. The number of thiophene rings is 1. The van der Waals surface area contributed by atoms with Crippen LogP contribution in [0.15, 0.2) is 41.3 Å². The van der Waals surface area contributed by atoms with E-state index in [9.17, 15) is 8.78 Å². The van der Waals surface area contributed by atoms with Crippen molar-refractivity contribution in [3.63, 3.8) is 0 Å². The number of nitrogens with one attached hydrogen (secondary N) is 1. The molecule has 0 spiro atoms. The largest absolute Gasteiger partial charge is 0.379 e. The Bertz CT molecular complexity index is 511. The van der Waals surface area contributed by atoms with Gasteiger partial charge in [0.05, 0.1) is 0 Å². The molecule has 2 rings (SSSR count). The zero-order valence-electron chi connectivity index (χ0n) is 9.82. The van der Waals surface area contributed by atoms with E-state index in [1.165, 1.54) is 9.75 Å². The maximum absolute atomic E-state index is 12.4. The van der Waals surface area contributed by atoms with Gasteiger partial charge in [-0.3, -0.25) is 0 Å². The summed E-state index contributed by atoms with van der Waals surface area (Å²) in [6.07, 6.45) is 0. The fourth-order valence-electron chi connectivity index (χ4n) is 1.57. The van der Waals surface area contributed by atoms with E-state index in [2.05, 4.69) is 24.4 Å². The molecule has 1 N–H and O–H groups in total. The molecule has 0 saturated heterocycles. The minimum absolute atomic E-state index is 0.573. The Morgan fingerprint density at radius 2 is 2.00 bits per heavy atom. The highest BCUT2D eigenvalue weighted by Gasteiger charge is 2.09. The van der Waals surface area contributed by atoms with Crippen molar-refractivity contribution in [2.45, 2.75) is 24.1 Å². The summed E-state index contributed by atoms with van der Waals surface area (Å²) in [5, 5.41) is 3.20. The van der Waals surface area contributed by atoms with Crippen LogP contribution in [0.5, 0.6) is 0 Å². The topological polar surface area (TPSA) is 12.0 Å². The summed E-state index contributed by atoms with van der Waals surface area (Å²) in [5.74, 6) is -2.39. The minimum Gasteiger partial charge on any atom is -0.379 e. The van der Waals surface area contributed by atoms with Crippen LogP contribution in [0.25, 0.3) is 0 Å². The molecule has 96 valence electrons. The van der Waals surface area contributed by atoms with Crippen molar-refractivity contribution in [2.75, 3.05) is 5.32 Å². The fourth-order valence-corrected chi connectivity index (χ4v) is 3.02. The van der Waals surface area contributed by atoms with E-state index in [4.69, 9.17) is 0 Å². The van der Waals surface area contributed by atoms with Gasteiger partial charge in [0.1, 0.15) is 0 Å². The number of halogens is 2. The van der Waals surface area contributed by atoms with Gasteiger partial charge in [-0.15, -0.1) is 11.3 Å². The molecule has 0 aliphatic rings. The third-order valence-electron chi connectivity index (χ3n) is 2.35. The Morgan fingerprint density at radius 1 is 1.22 bits per heavy atom. The van der Waals surface area contributed by atoms with Gasteiger partial charge in [-0.05, 0) is 31.2 Å². The zero-order chi connectivity index (χ0) is 13.0. The second-order valence-corrected chi connectivity index (χ2v) is 6.14. The summed E-state index contributed by atoms with van der Waals surface area (Å²) in [6, 6.07) is 11.3. The van der Waals surface area contributed by atoms with Crippen LogP contribution in [0.2, 0.25) is 0 Å². The number of aryl methyl sites for hydroxylation is 1. The molecule has 0 bridgehead atoms. The summed E-state index contributed by atoms with van der Waals surface area (Å²) in [5.41, 5.74) is 0.758. The first-order valence-corrected chi connectivity index (χ1v) is 7.18. The standard InChI is InChI=1S/C13H13F2NS2/c1-9-6-7-10(17-9)8-16-11-4-2-3-5-12(11)18-13(14)15/h2-7,13,16H,8H2,1H3. The quantitative estimate of drug-likeness (QED) is 0.777. The van der Waals surface area contributed by atoms with Crippen molar-refractivity contribution in [1.82, 2.24) is 0 Å². The van der Waals surface area contributed by atoms with E-state index in [0.29, 0.717) is 23.2 Å². The SMILES string of the molecule is Cc1ccc(CNc2ccccc2SC(F)F)s1. The van der Waals surface area contributed by atoms with Crippen molar-refractivity contribution in [3.05, 3.63) is 46.2 Å². The number of para-hydroxylation sites is 1. The summed E-state index contributed by atoms with van der Waals surface area (Å²) < 4.78 is 24.8. The summed E-state index contributed by atoms with van der Waals surface area (Å²) >= 11 is 2.28. The predicted molar refractivity (Wildman–Crippen MR) is 74.7 cm³/mol. The van der Waals surface area contributed by atoms with Gasteiger partial charge >= 0.3 is 0 Å². The molecule has 1 aromatic carbocycles. The van der Waals surface area contributed by atoms with Gasteiger partial charge in [0, 0.05) is 26.9 Å². The van der Waals surface area contributed by atoms with Gasteiger partial charge in [-0.2, -0.15) is 8.78 Å². The highest BCUT2D eigenvalue weighted by atomic mass is 32.2. The van der Waals surface area contributed by atoms with Crippen LogP contribution in [0.3, 0.4) is 0 Å². The van der Waals surface area contributed by atoms with Crippen molar-refractivity contribution in [2.24, 2.45) is 0 Å². The molecule has 5 heteroatoms. The average molecular weight is 285 g/mol. The lowest BCUT2D eigenvalue weighted by Gasteiger charge is -2.10. The van der Waals surface area contributed by atoms with Crippen molar-refractivity contribution < 1.29 is 8.78 Å². The molecule has 1 aromatic heterocycles. The fraction of sp³-hybridized carbons (Fsp3) is 0.231. The zero-order valence-corrected chi connectivity index (χ0v) is 11.5. The first-order valence-electron chi connectivity index (χ1n) is 5.48. The molecular formula is C13H13F2NS2. The normalized spacial score (nSPS) is 10.9. The highest BCUT2D eigenvalue weighted by molar-refractivity contribution is 7.99. The van der Waals surface area contributed by atoms with Crippen molar-refractivity contribution in [3.8, 4) is 0 Å². The average Bonchev–Trinajstić information content (AvgIpc) is 2.73. The Balaban J connectivity index is 2.04. The number of hydrogen-bond acceptors (Lipinski definition) is 3. The molecule has 0 atom stereocenters. The lowest BCUT2D eigenvalue weighted by molar-refractivity contribution is 0.252. The van der Waals surface area contributed by atoms with Crippen molar-refractivity contribution >= 4 is 28.8 Å². The molecule has 0 fully saturated rings. The monoisotopic (exact) mass is 285 g/mol. The summed E-state index contributed by atoms with van der Waals surface area (Å²) in [4.78, 5) is 3.03. The van der Waals surface area contributed by atoms with Crippen LogP contribution in [0.1, 0.15) is 9.75 Å². The van der Waals surface area contributed by atoms with Crippen LogP contribution < -0.4 is 5.32 Å². The van der Waals surface area contributed by atoms with Gasteiger partial charge in [0.25, 0.3) is 5.76 Å². The first-order chi connectivity index (χ1) is 8.65. The van der Waals surface area contributed by atoms with E-state index in [1.54, 1.807) is 23.5 Å². The predicted octanol–water partition coefficient (Wildman–Crippen LogP) is 4.98. The van der Waals surface area contributed by atoms with E-state index in [1.807, 2.05) is 12.1 Å². The molecule has 2 aromatic rings. The molecule has 1 heterocycles. The van der Waals surface area contributed by atoms with Crippen LogP contribution >= 0.6 is 23.1 Å². The maximum Gasteiger partial charge on any atom is 0.288 e. The number of thioether (sulfide) groups is 1. The third-order valence-corrected chi connectivity index (χ3v) is 4.14. The van der Waals surface area contributed by atoms with Crippen LogP contribution in [0.4, 0.5) is 14.5 Å². The van der Waals surface area contributed by atoms with Gasteiger partial charge in [-0.25, -0.2) is 0 Å². The molecule has 0 aliphatic heterocycles. The lowest BCUT2D eigenvalue weighted by Crippen LogP contribution is -1.99. The summed E-state index contributed by atoms with van der Waals surface area (Å²) in [7, 11) is 0. The van der Waals surface area contributed by atoms with E-state index in [-0.39, 0.29) is 0 Å². The lowest BCUT2D eigenvalue weighted by atomic mass is 10.3. The van der Waals surface area contributed by atoms with Crippen molar-refractivity contribution in [1.29, 1.82) is 0 Å². The molecule has 1 nitrogen and oxygen atoms in total. The molecule has 18 heavy (non-hydrogen) atoms. The Kier molecular flexibility index (Phi) is 4.60. The van der Waals surface area contributed by atoms with E-state index in [0.717, 1.165) is 5.69 Å². The summed E-state index contributed by atoms with van der Waals surface area (Å²) in [6.45, 7) is 2.72.